The Labute approximate surface area is 154 Å². The Morgan fingerprint density at radius 3 is 2.68 bits per heavy atom. The molecule has 0 unspecified atom stereocenters. The smallest absolute Gasteiger partial charge is 0.306 e. The zero-order chi connectivity index (χ0) is 17.8. The summed E-state index contributed by atoms with van der Waals surface area (Å²) in [5.74, 6) is -0.427. The lowest BCUT2D eigenvalue weighted by molar-refractivity contribution is -0.141. The molecule has 0 spiro atoms. The quantitative estimate of drug-likeness (QED) is 0.751. The predicted molar refractivity (Wildman–Crippen MR) is 99.1 cm³/mol. The van der Waals surface area contributed by atoms with Gasteiger partial charge in [0.25, 0.3) is 5.91 Å². The number of carbonyl (C=O) groups excluding carboxylic acids is 1. The summed E-state index contributed by atoms with van der Waals surface area (Å²) < 4.78 is 0. The van der Waals surface area contributed by atoms with E-state index in [4.69, 9.17) is 5.11 Å². The topological polar surface area (TPSA) is 79.3 Å². The summed E-state index contributed by atoms with van der Waals surface area (Å²) >= 11 is 3.34. The molecule has 132 valence electrons. The van der Waals surface area contributed by atoms with Gasteiger partial charge in [0.05, 0.1) is 16.6 Å². The van der Waals surface area contributed by atoms with E-state index in [2.05, 4.69) is 15.7 Å². The van der Waals surface area contributed by atoms with Crippen LogP contribution in [-0.4, -0.2) is 28.0 Å². The van der Waals surface area contributed by atoms with Crippen molar-refractivity contribution >= 4 is 35.0 Å². The molecule has 0 radical (unpaired) electrons. The maximum atomic E-state index is 12.3. The number of aromatic nitrogens is 1. The molecule has 1 fully saturated rings. The molecule has 0 bridgehead atoms. The first-order valence-electron chi connectivity index (χ1n) is 8.19. The van der Waals surface area contributed by atoms with Gasteiger partial charge in [-0.25, -0.2) is 4.98 Å². The van der Waals surface area contributed by atoms with Crippen LogP contribution >= 0.6 is 23.1 Å². The molecule has 5 nitrogen and oxygen atoms in total. The van der Waals surface area contributed by atoms with Gasteiger partial charge in [-0.1, -0.05) is 0 Å². The van der Waals surface area contributed by atoms with Gasteiger partial charge in [0.2, 0.25) is 0 Å². The van der Waals surface area contributed by atoms with Crippen LogP contribution in [0.15, 0.2) is 34.5 Å². The molecule has 2 N–H and O–H groups in total. The third-order valence-corrected chi connectivity index (χ3v) is 6.15. The van der Waals surface area contributed by atoms with Crippen molar-refractivity contribution < 1.29 is 14.7 Å². The average Bonchev–Trinajstić information content (AvgIpc) is 3.22. The third kappa shape index (κ3) is 4.83. The summed E-state index contributed by atoms with van der Waals surface area (Å²) in [4.78, 5) is 28.8. The van der Waals surface area contributed by atoms with Crippen LogP contribution in [0.4, 0.5) is 0 Å². The van der Waals surface area contributed by atoms with E-state index in [0.29, 0.717) is 18.4 Å². The largest absolute Gasteiger partial charge is 0.481 e. The molecule has 25 heavy (non-hydrogen) atoms. The fourth-order valence-electron chi connectivity index (χ4n) is 2.94. The Hall–Kier alpha value is -1.86. The molecular formula is C18H20N2O3S2. The normalized spacial score (nSPS) is 19.7. The van der Waals surface area contributed by atoms with Crippen molar-refractivity contribution in [3.8, 4) is 0 Å². The molecule has 2 atom stereocenters. The zero-order valence-corrected chi connectivity index (χ0v) is 15.5. The average molecular weight is 377 g/mol. The summed E-state index contributed by atoms with van der Waals surface area (Å²) in [6.07, 6.45) is 1.87. The second-order valence-corrected chi connectivity index (χ2v) is 8.30. The Bertz CT molecular complexity index is 758. The number of thiazole rings is 1. The lowest BCUT2D eigenvalue weighted by Gasteiger charge is -2.12. The second-order valence-electron chi connectivity index (χ2n) is 6.19. The van der Waals surface area contributed by atoms with Gasteiger partial charge in [-0.15, -0.1) is 23.1 Å². The van der Waals surface area contributed by atoms with E-state index in [9.17, 15) is 9.59 Å². The van der Waals surface area contributed by atoms with E-state index in [-0.39, 0.29) is 17.9 Å². The molecular weight excluding hydrogens is 356 g/mol. The first-order valence-corrected chi connectivity index (χ1v) is 10.1. The SMILES string of the molecule is Cc1nc(CSc2ccc(C(=O)N[C@@H]3CC[C@H](C(=O)O)C3)cc2)cs1. The van der Waals surface area contributed by atoms with Crippen molar-refractivity contribution in [2.24, 2.45) is 5.92 Å². The first kappa shape index (κ1) is 17.9. The lowest BCUT2D eigenvalue weighted by atomic mass is 10.1. The van der Waals surface area contributed by atoms with Gasteiger partial charge >= 0.3 is 5.97 Å². The van der Waals surface area contributed by atoms with Crippen LogP contribution in [0.2, 0.25) is 0 Å². The lowest BCUT2D eigenvalue weighted by Crippen LogP contribution is -2.33. The number of benzene rings is 1. The first-order chi connectivity index (χ1) is 12.0. The summed E-state index contributed by atoms with van der Waals surface area (Å²) in [5, 5.41) is 15.1. The van der Waals surface area contributed by atoms with E-state index < -0.39 is 5.97 Å². The number of hydrogen-bond donors (Lipinski definition) is 2. The minimum atomic E-state index is -0.770. The van der Waals surface area contributed by atoms with E-state index in [0.717, 1.165) is 27.8 Å². The molecule has 3 rings (SSSR count). The van der Waals surface area contributed by atoms with Crippen LogP contribution in [-0.2, 0) is 10.5 Å². The van der Waals surface area contributed by atoms with E-state index >= 15 is 0 Å². The highest BCUT2D eigenvalue weighted by Crippen LogP contribution is 2.26. The molecule has 0 saturated heterocycles. The minimum Gasteiger partial charge on any atom is -0.481 e. The van der Waals surface area contributed by atoms with Crippen LogP contribution in [0.3, 0.4) is 0 Å². The van der Waals surface area contributed by atoms with Gasteiger partial charge in [-0.2, -0.15) is 0 Å². The number of nitrogens with one attached hydrogen (secondary N) is 1. The summed E-state index contributed by atoms with van der Waals surface area (Å²) in [7, 11) is 0. The van der Waals surface area contributed by atoms with Gasteiger partial charge in [0, 0.05) is 27.6 Å². The number of thioether (sulfide) groups is 1. The monoisotopic (exact) mass is 376 g/mol. The second kappa shape index (κ2) is 8.01. The Kier molecular flexibility index (Phi) is 5.75. The van der Waals surface area contributed by atoms with Gasteiger partial charge < -0.3 is 10.4 Å². The summed E-state index contributed by atoms with van der Waals surface area (Å²) in [6, 6.07) is 7.46. The van der Waals surface area contributed by atoms with E-state index in [1.807, 2.05) is 31.2 Å². The number of carboxylic acid groups (broad SMARTS) is 1. The minimum absolute atomic E-state index is 0.0458. The highest BCUT2D eigenvalue weighted by atomic mass is 32.2. The Morgan fingerprint density at radius 2 is 2.08 bits per heavy atom. The third-order valence-electron chi connectivity index (χ3n) is 4.29. The van der Waals surface area contributed by atoms with Crippen LogP contribution < -0.4 is 5.32 Å². The van der Waals surface area contributed by atoms with Crippen molar-refractivity contribution in [2.45, 2.75) is 42.9 Å². The number of aryl methyl sites for hydroxylation is 1. The van der Waals surface area contributed by atoms with Crippen LogP contribution in [0, 0.1) is 12.8 Å². The molecule has 0 aliphatic heterocycles. The Morgan fingerprint density at radius 1 is 1.32 bits per heavy atom. The number of aliphatic carboxylic acids is 1. The van der Waals surface area contributed by atoms with Crippen molar-refractivity contribution in [3.05, 3.63) is 45.9 Å². The van der Waals surface area contributed by atoms with Gasteiger partial charge in [0.1, 0.15) is 0 Å². The summed E-state index contributed by atoms with van der Waals surface area (Å²) in [6.45, 7) is 2.00. The van der Waals surface area contributed by atoms with Crippen LogP contribution in [0.5, 0.6) is 0 Å². The van der Waals surface area contributed by atoms with Crippen molar-refractivity contribution in [1.29, 1.82) is 0 Å². The van der Waals surface area contributed by atoms with Gasteiger partial charge in [-0.3, -0.25) is 9.59 Å². The number of carboxylic acids is 1. The Balaban J connectivity index is 1.51. The molecule has 7 heteroatoms. The molecule has 1 aromatic carbocycles. The fraction of sp³-hybridized carbons (Fsp3) is 0.389. The number of nitrogens with zero attached hydrogens (tertiary/aromatic N) is 1. The molecule has 1 aliphatic rings. The number of amides is 1. The van der Waals surface area contributed by atoms with E-state index in [1.54, 1.807) is 23.1 Å². The van der Waals surface area contributed by atoms with Gasteiger partial charge in [-0.05, 0) is 50.5 Å². The molecule has 1 heterocycles. The number of hydrogen-bond acceptors (Lipinski definition) is 5. The standard InChI is InChI=1S/C18H20N2O3S2/c1-11-19-15(9-24-11)10-25-16-6-3-12(4-7-16)17(21)20-14-5-2-13(8-14)18(22)23/h3-4,6-7,9,13-14H,2,5,8,10H2,1H3,(H,20,21)(H,22,23)/t13-,14+/m0/s1. The van der Waals surface area contributed by atoms with Crippen molar-refractivity contribution in [3.63, 3.8) is 0 Å². The maximum absolute atomic E-state index is 12.3. The molecule has 1 aromatic heterocycles. The molecule has 1 aliphatic carbocycles. The highest BCUT2D eigenvalue weighted by Gasteiger charge is 2.30. The van der Waals surface area contributed by atoms with E-state index in [1.165, 1.54) is 0 Å². The summed E-state index contributed by atoms with van der Waals surface area (Å²) in [5.41, 5.74) is 1.68. The number of rotatable bonds is 6. The highest BCUT2D eigenvalue weighted by molar-refractivity contribution is 7.98. The van der Waals surface area contributed by atoms with Crippen molar-refractivity contribution in [1.82, 2.24) is 10.3 Å². The zero-order valence-electron chi connectivity index (χ0n) is 13.9. The molecule has 2 aromatic rings. The van der Waals surface area contributed by atoms with Crippen molar-refractivity contribution in [2.75, 3.05) is 0 Å². The van der Waals surface area contributed by atoms with Gasteiger partial charge in [0.15, 0.2) is 0 Å². The van der Waals surface area contributed by atoms with Crippen LogP contribution in [0.25, 0.3) is 0 Å². The predicted octanol–water partition coefficient (Wildman–Crippen LogP) is 3.73. The maximum Gasteiger partial charge on any atom is 0.306 e. The van der Waals surface area contributed by atoms with Crippen LogP contribution in [0.1, 0.15) is 40.3 Å². The fourth-order valence-corrected chi connectivity index (χ4v) is 4.45. The molecule has 1 amide bonds. The molecule has 1 saturated carbocycles. The number of carbonyl (C=O) groups is 2.